The van der Waals surface area contributed by atoms with Gasteiger partial charge in [0.25, 0.3) is 0 Å². The minimum atomic E-state index is -0.440. The zero-order valence-electron chi connectivity index (χ0n) is 19.3. The third kappa shape index (κ3) is 4.11. The van der Waals surface area contributed by atoms with Gasteiger partial charge in [-0.1, -0.05) is 71.8 Å². The fourth-order valence-corrected chi connectivity index (χ4v) is 4.59. The average molecular weight is 439 g/mol. The molecule has 5 heteroatoms. The quantitative estimate of drug-likeness (QED) is 0.470. The van der Waals surface area contributed by atoms with Crippen molar-refractivity contribution in [2.45, 2.75) is 39.3 Å². The second-order valence-electron chi connectivity index (χ2n) is 9.14. The van der Waals surface area contributed by atoms with E-state index < -0.39 is 6.04 Å². The lowest BCUT2D eigenvalue weighted by atomic mass is 10.0. The number of aryl methyl sites for hydroxylation is 2. The van der Waals surface area contributed by atoms with E-state index in [4.69, 9.17) is 5.41 Å². The first-order valence-electron chi connectivity index (χ1n) is 11.7. The van der Waals surface area contributed by atoms with Crippen molar-refractivity contribution < 1.29 is 4.79 Å². The summed E-state index contributed by atoms with van der Waals surface area (Å²) < 4.78 is 3.97. The molecule has 0 bridgehead atoms. The molecule has 1 unspecified atom stereocenters. The standard InChI is InChI=1S/C28H30N4O/c1-20-8-12-22(13-9-20)18-26(27(33)30-16-5-17-30)32-25-7-4-3-6-24(25)31(28(32)29)19-23-14-10-21(2)11-15-23/h3-4,6-15,26,29H,5,16-19H2,1-2H3. The van der Waals surface area contributed by atoms with Crippen LogP contribution in [0, 0.1) is 19.3 Å². The van der Waals surface area contributed by atoms with Crippen molar-refractivity contribution in [3.05, 3.63) is 101 Å². The van der Waals surface area contributed by atoms with Gasteiger partial charge in [-0.2, -0.15) is 0 Å². The molecule has 0 saturated carbocycles. The van der Waals surface area contributed by atoms with Crippen molar-refractivity contribution in [2.75, 3.05) is 13.1 Å². The molecular weight excluding hydrogens is 408 g/mol. The molecule has 4 aromatic rings. The van der Waals surface area contributed by atoms with Gasteiger partial charge < -0.3 is 9.47 Å². The average Bonchev–Trinajstić information content (AvgIpc) is 3.05. The van der Waals surface area contributed by atoms with Gasteiger partial charge in [-0.25, -0.2) is 0 Å². The summed E-state index contributed by atoms with van der Waals surface area (Å²) >= 11 is 0. The Bertz CT molecular complexity index is 1340. The van der Waals surface area contributed by atoms with Crippen molar-refractivity contribution in [3.63, 3.8) is 0 Å². The number of hydrogen-bond acceptors (Lipinski definition) is 2. The van der Waals surface area contributed by atoms with Gasteiger partial charge in [0.1, 0.15) is 6.04 Å². The van der Waals surface area contributed by atoms with E-state index in [9.17, 15) is 4.79 Å². The summed E-state index contributed by atoms with van der Waals surface area (Å²) in [7, 11) is 0. The fraction of sp³-hybridized carbons (Fsp3) is 0.286. The molecule has 1 aromatic heterocycles. The van der Waals surface area contributed by atoms with Crippen LogP contribution in [-0.4, -0.2) is 33.0 Å². The normalized spacial score (nSPS) is 14.3. The SMILES string of the molecule is Cc1ccc(CC(C(=O)N2CCC2)n2c(=N)n(Cc3ccc(C)cc3)c3ccccc32)cc1. The van der Waals surface area contributed by atoms with Gasteiger partial charge in [0.2, 0.25) is 11.5 Å². The molecule has 1 saturated heterocycles. The number of amides is 1. The van der Waals surface area contributed by atoms with E-state index in [2.05, 4.69) is 68.4 Å². The number of carbonyl (C=O) groups is 1. The van der Waals surface area contributed by atoms with Gasteiger partial charge in [-0.15, -0.1) is 0 Å². The van der Waals surface area contributed by atoms with Crippen LogP contribution in [0.2, 0.25) is 0 Å². The van der Waals surface area contributed by atoms with E-state index in [0.29, 0.717) is 18.6 Å². The van der Waals surface area contributed by atoms with Crippen molar-refractivity contribution in [3.8, 4) is 0 Å². The highest BCUT2D eigenvalue weighted by atomic mass is 16.2. The number of rotatable bonds is 6. The molecule has 168 valence electrons. The Morgan fingerprint density at radius 3 is 2.00 bits per heavy atom. The molecule has 1 fully saturated rings. The number of para-hydroxylation sites is 2. The highest BCUT2D eigenvalue weighted by Crippen LogP contribution is 2.25. The third-order valence-corrected chi connectivity index (χ3v) is 6.69. The summed E-state index contributed by atoms with van der Waals surface area (Å²) in [5.41, 5.74) is 6.95. The zero-order chi connectivity index (χ0) is 22.9. The predicted molar refractivity (Wildman–Crippen MR) is 131 cm³/mol. The highest BCUT2D eigenvalue weighted by molar-refractivity contribution is 5.85. The summed E-state index contributed by atoms with van der Waals surface area (Å²) in [5, 5.41) is 9.16. The lowest BCUT2D eigenvalue weighted by molar-refractivity contribution is -0.138. The number of imidazole rings is 1. The maximum atomic E-state index is 13.6. The lowest BCUT2D eigenvalue weighted by Gasteiger charge is -2.34. The molecule has 5 nitrogen and oxygen atoms in total. The van der Waals surface area contributed by atoms with Crippen LogP contribution in [0.1, 0.15) is 34.7 Å². The lowest BCUT2D eigenvalue weighted by Crippen LogP contribution is -2.47. The Morgan fingerprint density at radius 2 is 1.42 bits per heavy atom. The molecule has 1 aliphatic heterocycles. The minimum absolute atomic E-state index is 0.110. The number of likely N-dealkylation sites (tertiary alicyclic amines) is 1. The van der Waals surface area contributed by atoms with E-state index >= 15 is 0 Å². The van der Waals surface area contributed by atoms with Crippen LogP contribution < -0.4 is 5.62 Å². The van der Waals surface area contributed by atoms with Crippen molar-refractivity contribution in [1.29, 1.82) is 5.41 Å². The van der Waals surface area contributed by atoms with Crippen LogP contribution in [0.4, 0.5) is 0 Å². The summed E-state index contributed by atoms with van der Waals surface area (Å²) in [6, 6.07) is 24.5. The van der Waals surface area contributed by atoms with Gasteiger partial charge >= 0.3 is 0 Å². The summed E-state index contributed by atoms with van der Waals surface area (Å²) in [4.78, 5) is 15.5. The summed E-state index contributed by atoms with van der Waals surface area (Å²) in [5.74, 6) is 0.110. The Morgan fingerprint density at radius 1 is 0.848 bits per heavy atom. The molecule has 3 aromatic carbocycles. The molecule has 33 heavy (non-hydrogen) atoms. The monoisotopic (exact) mass is 438 g/mol. The minimum Gasteiger partial charge on any atom is -0.341 e. The molecule has 1 amide bonds. The number of hydrogen-bond donors (Lipinski definition) is 1. The maximum Gasteiger partial charge on any atom is 0.246 e. The second-order valence-corrected chi connectivity index (χ2v) is 9.14. The zero-order valence-corrected chi connectivity index (χ0v) is 19.3. The van der Waals surface area contributed by atoms with E-state index in [-0.39, 0.29) is 5.91 Å². The summed E-state index contributed by atoms with van der Waals surface area (Å²) in [6.07, 6.45) is 1.63. The number of aromatic nitrogens is 2. The van der Waals surface area contributed by atoms with Gasteiger partial charge in [0.05, 0.1) is 17.6 Å². The fourth-order valence-electron chi connectivity index (χ4n) is 4.59. The topological polar surface area (TPSA) is 54.0 Å². The number of fused-ring (bicyclic) bond motifs is 1. The molecule has 0 aliphatic carbocycles. The third-order valence-electron chi connectivity index (χ3n) is 6.69. The number of carbonyl (C=O) groups excluding carboxylic acids is 1. The highest BCUT2D eigenvalue weighted by Gasteiger charge is 2.31. The predicted octanol–water partition coefficient (Wildman–Crippen LogP) is 4.60. The van der Waals surface area contributed by atoms with E-state index in [1.54, 1.807) is 0 Å². The molecular formula is C28H30N4O. The van der Waals surface area contributed by atoms with Crippen LogP contribution in [0.15, 0.2) is 72.8 Å². The Kier molecular flexibility index (Phi) is 5.63. The van der Waals surface area contributed by atoms with E-state index in [1.165, 1.54) is 11.1 Å². The van der Waals surface area contributed by atoms with Crippen LogP contribution in [0.5, 0.6) is 0 Å². The van der Waals surface area contributed by atoms with Crippen molar-refractivity contribution in [2.24, 2.45) is 0 Å². The molecule has 0 spiro atoms. The second kappa shape index (κ2) is 8.74. The number of nitrogens with zero attached hydrogens (tertiary/aromatic N) is 3. The Balaban J connectivity index is 1.62. The Labute approximate surface area is 194 Å². The molecule has 2 heterocycles. The molecule has 1 N–H and O–H groups in total. The van der Waals surface area contributed by atoms with Crippen LogP contribution in [0.25, 0.3) is 11.0 Å². The summed E-state index contributed by atoms with van der Waals surface area (Å²) in [6.45, 7) is 6.36. The van der Waals surface area contributed by atoms with Crippen LogP contribution >= 0.6 is 0 Å². The van der Waals surface area contributed by atoms with Gasteiger partial charge in [0.15, 0.2) is 0 Å². The van der Waals surface area contributed by atoms with E-state index in [1.807, 2.05) is 32.2 Å². The number of nitrogens with one attached hydrogen (secondary N) is 1. The first-order chi connectivity index (χ1) is 16.0. The van der Waals surface area contributed by atoms with Gasteiger partial charge in [0, 0.05) is 19.5 Å². The van der Waals surface area contributed by atoms with E-state index in [0.717, 1.165) is 41.7 Å². The van der Waals surface area contributed by atoms with Crippen LogP contribution in [-0.2, 0) is 17.8 Å². The first-order valence-corrected chi connectivity index (χ1v) is 11.7. The van der Waals surface area contributed by atoms with Crippen molar-refractivity contribution >= 4 is 16.9 Å². The smallest absolute Gasteiger partial charge is 0.246 e. The maximum absolute atomic E-state index is 13.6. The van der Waals surface area contributed by atoms with Crippen LogP contribution in [0.3, 0.4) is 0 Å². The Hall–Kier alpha value is -3.60. The molecule has 1 aliphatic rings. The molecule has 1 atom stereocenters. The molecule has 0 radical (unpaired) electrons. The van der Waals surface area contributed by atoms with Gasteiger partial charge in [-0.3, -0.25) is 14.8 Å². The van der Waals surface area contributed by atoms with Gasteiger partial charge in [-0.05, 0) is 43.5 Å². The molecule has 5 rings (SSSR count). The van der Waals surface area contributed by atoms with Crippen molar-refractivity contribution in [1.82, 2.24) is 14.0 Å². The number of benzene rings is 3. The largest absolute Gasteiger partial charge is 0.341 e. The first kappa shape index (κ1) is 21.3.